The number of rotatable bonds is 4. The van der Waals surface area contributed by atoms with Gasteiger partial charge in [0, 0.05) is 42.2 Å². The van der Waals surface area contributed by atoms with Crippen molar-refractivity contribution in [2.75, 3.05) is 24.5 Å². The number of anilines is 1. The van der Waals surface area contributed by atoms with E-state index in [1.54, 1.807) is 23.1 Å². The molecule has 0 N–H and O–H groups in total. The third-order valence-electron chi connectivity index (χ3n) is 6.37. The number of fused-ring (bicyclic) bond motifs is 1. The molecule has 0 radical (unpaired) electrons. The molecule has 0 saturated carbocycles. The zero-order valence-corrected chi connectivity index (χ0v) is 19.3. The maximum atomic E-state index is 14.1. The Bertz CT molecular complexity index is 1050. The van der Waals surface area contributed by atoms with Crippen LogP contribution in [0.5, 0.6) is 0 Å². The molecule has 2 aliphatic rings. The summed E-state index contributed by atoms with van der Waals surface area (Å²) in [5, 5.41) is 0. The fourth-order valence-corrected chi connectivity index (χ4v) is 4.59. The highest BCUT2D eigenvalue weighted by molar-refractivity contribution is 6.00. The molecular formula is C25H31FN4O2. The molecule has 3 heterocycles. The standard InChI is InChI=1S/C25H31FN4O2/c1-16-19-14-21(31)30(13-11-17-8-5-6-10-20(17)26)23(19)28-22(27-16)18-9-7-12-29(15-18)24(32)25(2,3)4/h5-6,8,10,18H,7,9,11-15H2,1-4H3/t18-/m1/s1. The van der Waals surface area contributed by atoms with Crippen molar-refractivity contribution in [1.29, 1.82) is 0 Å². The van der Waals surface area contributed by atoms with E-state index >= 15 is 0 Å². The quantitative estimate of drug-likeness (QED) is 0.728. The largest absolute Gasteiger partial charge is 0.342 e. The minimum atomic E-state index is -0.424. The third kappa shape index (κ3) is 4.38. The van der Waals surface area contributed by atoms with Crippen LogP contribution in [0, 0.1) is 18.2 Å². The Hall–Kier alpha value is -2.83. The molecule has 1 saturated heterocycles. The lowest BCUT2D eigenvalue weighted by Gasteiger charge is -2.36. The predicted molar refractivity (Wildman–Crippen MR) is 121 cm³/mol. The third-order valence-corrected chi connectivity index (χ3v) is 6.37. The van der Waals surface area contributed by atoms with Crippen molar-refractivity contribution in [3.05, 3.63) is 52.7 Å². The first kappa shape index (κ1) is 22.4. The van der Waals surface area contributed by atoms with E-state index in [2.05, 4.69) is 0 Å². The van der Waals surface area contributed by atoms with Gasteiger partial charge >= 0.3 is 0 Å². The van der Waals surface area contributed by atoms with Crippen molar-refractivity contribution in [1.82, 2.24) is 14.9 Å². The van der Waals surface area contributed by atoms with Gasteiger partial charge in [0.2, 0.25) is 11.8 Å². The summed E-state index contributed by atoms with van der Waals surface area (Å²) in [6.45, 7) is 9.46. The highest BCUT2D eigenvalue weighted by atomic mass is 19.1. The van der Waals surface area contributed by atoms with Crippen LogP contribution < -0.4 is 4.90 Å². The van der Waals surface area contributed by atoms with Crippen LogP contribution in [0.2, 0.25) is 0 Å². The minimum absolute atomic E-state index is 0.0286. The van der Waals surface area contributed by atoms with E-state index in [9.17, 15) is 14.0 Å². The average Bonchev–Trinajstić information content (AvgIpc) is 3.08. The molecule has 170 valence electrons. The maximum Gasteiger partial charge on any atom is 0.232 e. The lowest BCUT2D eigenvalue weighted by atomic mass is 9.91. The molecular weight excluding hydrogens is 407 g/mol. The van der Waals surface area contributed by atoms with Gasteiger partial charge in [-0.15, -0.1) is 0 Å². The lowest BCUT2D eigenvalue weighted by Crippen LogP contribution is -2.45. The summed E-state index contributed by atoms with van der Waals surface area (Å²) in [7, 11) is 0. The summed E-state index contributed by atoms with van der Waals surface area (Å²) < 4.78 is 14.1. The predicted octanol–water partition coefficient (Wildman–Crippen LogP) is 3.81. The van der Waals surface area contributed by atoms with Gasteiger partial charge in [-0.05, 0) is 37.8 Å². The first-order valence-corrected chi connectivity index (χ1v) is 11.4. The SMILES string of the molecule is Cc1nc([C@@H]2CCCN(C(=O)C(C)(C)C)C2)nc2c1CC(=O)N2CCc1ccccc1F. The summed E-state index contributed by atoms with van der Waals surface area (Å²) in [5.41, 5.74) is 1.83. The number of carbonyl (C=O) groups is 2. The number of piperidine rings is 1. The number of hydrogen-bond acceptors (Lipinski definition) is 4. The van der Waals surface area contributed by atoms with Crippen molar-refractivity contribution in [2.45, 2.75) is 59.3 Å². The summed E-state index contributed by atoms with van der Waals surface area (Å²) in [6, 6.07) is 6.65. The Balaban J connectivity index is 1.57. The first-order valence-electron chi connectivity index (χ1n) is 11.4. The van der Waals surface area contributed by atoms with Crippen LogP contribution in [0.15, 0.2) is 24.3 Å². The van der Waals surface area contributed by atoms with Crippen molar-refractivity contribution in [2.24, 2.45) is 5.41 Å². The van der Waals surface area contributed by atoms with Gasteiger partial charge in [0.25, 0.3) is 0 Å². The summed E-state index contributed by atoms with van der Waals surface area (Å²) in [4.78, 5) is 38.7. The van der Waals surface area contributed by atoms with Gasteiger partial charge < -0.3 is 4.90 Å². The van der Waals surface area contributed by atoms with Gasteiger partial charge in [-0.25, -0.2) is 14.4 Å². The van der Waals surface area contributed by atoms with Crippen molar-refractivity contribution in [3.8, 4) is 0 Å². The van der Waals surface area contributed by atoms with E-state index in [1.165, 1.54) is 6.07 Å². The van der Waals surface area contributed by atoms with Gasteiger partial charge in [0.15, 0.2) is 0 Å². The van der Waals surface area contributed by atoms with Gasteiger partial charge in [0.1, 0.15) is 17.5 Å². The number of carbonyl (C=O) groups excluding carboxylic acids is 2. The number of hydrogen-bond donors (Lipinski definition) is 0. The Morgan fingerprint density at radius 1 is 1.22 bits per heavy atom. The van der Waals surface area contributed by atoms with Crippen molar-refractivity contribution >= 4 is 17.6 Å². The second-order valence-corrected chi connectivity index (χ2v) is 9.87. The zero-order valence-electron chi connectivity index (χ0n) is 19.3. The van der Waals surface area contributed by atoms with E-state index < -0.39 is 5.41 Å². The van der Waals surface area contributed by atoms with Crippen LogP contribution in [0.1, 0.15) is 62.2 Å². The van der Waals surface area contributed by atoms with Crippen LogP contribution >= 0.6 is 0 Å². The molecule has 1 atom stereocenters. The molecule has 4 rings (SSSR count). The molecule has 6 nitrogen and oxygen atoms in total. The average molecular weight is 439 g/mol. The number of benzene rings is 1. The maximum absolute atomic E-state index is 14.1. The number of aromatic nitrogens is 2. The van der Waals surface area contributed by atoms with Gasteiger partial charge in [-0.3, -0.25) is 14.5 Å². The topological polar surface area (TPSA) is 66.4 Å². The molecule has 2 aromatic rings. The zero-order chi connectivity index (χ0) is 23.0. The second kappa shape index (κ2) is 8.60. The molecule has 32 heavy (non-hydrogen) atoms. The van der Waals surface area contributed by atoms with E-state index in [1.807, 2.05) is 32.6 Å². The highest BCUT2D eigenvalue weighted by Gasteiger charge is 2.35. The number of likely N-dealkylation sites (tertiary alicyclic amines) is 1. The van der Waals surface area contributed by atoms with Crippen molar-refractivity contribution < 1.29 is 14.0 Å². The summed E-state index contributed by atoms with van der Waals surface area (Å²) in [5.74, 6) is 1.24. The fourth-order valence-electron chi connectivity index (χ4n) is 4.59. The highest BCUT2D eigenvalue weighted by Crippen LogP contribution is 2.33. The molecule has 0 spiro atoms. The number of aryl methyl sites for hydroxylation is 1. The van der Waals surface area contributed by atoms with Crippen LogP contribution in [-0.2, 0) is 22.4 Å². The van der Waals surface area contributed by atoms with Crippen LogP contribution in [-0.4, -0.2) is 46.3 Å². The Morgan fingerprint density at radius 2 is 1.97 bits per heavy atom. The Morgan fingerprint density at radius 3 is 2.69 bits per heavy atom. The molecule has 7 heteroatoms. The monoisotopic (exact) mass is 438 g/mol. The lowest BCUT2D eigenvalue weighted by molar-refractivity contribution is -0.140. The number of amides is 2. The van der Waals surface area contributed by atoms with Crippen molar-refractivity contribution in [3.63, 3.8) is 0 Å². The summed E-state index contributed by atoms with van der Waals surface area (Å²) in [6.07, 6.45) is 2.52. The first-order chi connectivity index (χ1) is 15.1. The van der Waals surface area contributed by atoms with Crippen LogP contribution in [0.4, 0.5) is 10.2 Å². The number of halogens is 1. The molecule has 0 unspecified atom stereocenters. The minimum Gasteiger partial charge on any atom is -0.342 e. The normalized spacial score (nSPS) is 18.8. The van der Waals surface area contributed by atoms with Crippen LogP contribution in [0.3, 0.4) is 0 Å². The van der Waals surface area contributed by atoms with E-state index in [4.69, 9.17) is 9.97 Å². The summed E-state index contributed by atoms with van der Waals surface area (Å²) >= 11 is 0. The van der Waals surface area contributed by atoms with E-state index in [0.29, 0.717) is 36.7 Å². The Kier molecular flexibility index (Phi) is 6.01. The molecule has 0 aliphatic carbocycles. The molecule has 1 aromatic heterocycles. The molecule has 2 amide bonds. The smallest absolute Gasteiger partial charge is 0.232 e. The molecule has 0 bridgehead atoms. The number of nitrogens with zero attached hydrogens (tertiary/aromatic N) is 4. The Labute approximate surface area is 188 Å². The van der Waals surface area contributed by atoms with Gasteiger partial charge in [0.05, 0.1) is 6.42 Å². The van der Waals surface area contributed by atoms with E-state index in [0.717, 1.165) is 30.6 Å². The van der Waals surface area contributed by atoms with E-state index in [-0.39, 0.29) is 30.0 Å². The fraction of sp³-hybridized carbons (Fsp3) is 0.520. The molecule has 2 aliphatic heterocycles. The van der Waals surface area contributed by atoms with Gasteiger partial charge in [-0.1, -0.05) is 39.0 Å². The second-order valence-electron chi connectivity index (χ2n) is 9.87. The van der Waals surface area contributed by atoms with Gasteiger partial charge in [-0.2, -0.15) is 0 Å². The molecule has 1 aromatic carbocycles. The van der Waals surface area contributed by atoms with Crippen LogP contribution in [0.25, 0.3) is 0 Å². The molecule has 1 fully saturated rings.